The first-order valence-electron chi connectivity index (χ1n) is 6.18. The summed E-state index contributed by atoms with van der Waals surface area (Å²) >= 11 is 1.46. The molecule has 6 heteroatoms. The van der Waals surface area contributed by atoms with Crippen molar-refractivity contribution < 1.29 is 4.79 Å². The predicted molar refractivity (Wildman–Crippen MR) is 75.8 cm³/mol. The number of hydrogen-bond acceptors (Lipinski definition) is 5. The fraction of sp³-hybridized carbons (Fsp3) is 0.308. The van der Waals surface area contributed by atoms with E-state index in [9.17, 15) is 4.79 Å². The molecule has 0 atom stereocenters. The molecule has 1 aliphatic rings. The molecule has 1 amide bonds. The van der Waals surface area contributed by atoms with E-state index < -0.39 is 0 Å². The summed E-state index contributed by atoms with van der Waals surface area (Å²) in [5.41, 5.74) is 1.48. The van der Waals surface area contributed by atoms with E-state index in [2.05, 4.69) is 20.6 Å². The summed E-state index contributed by atoms with van der Waals surface area (Å²) in [6, 6.07) is 5.29. The van der Waals surface area contributed by atoms with Crippen molar-refractivity contribution in [2.24, 2.45) is 0 Å². The fourth-order valence-electron chi connectivity index (χ4n) is 1.77. The number of carbonyl (C=O) groups excluding carboxylic acids is 1. The molecule has 19 heavy (non-hydrogen) atoms. The summed E-state index contributed by atoms with van der Waals surface area (Å²) in [7, 11) is 1.77. The summed E-state index contributed by atoms with van der Waals surface area (Å²) in [4.78, 5) is 20.7. The highest BCUT2D eigenvalue weighted by Gasteiger charge is 2.26. The Labute approximate surface area is 115 Å². The fourth-order valence-corrected chi connectivity index (χ4v) is 2.56. The number of anilines is 2. The summed E-state index contributed by atoms with van der Waals surface area (Å²) in [5.74, 6) is 1.05. The number of carbonyl (C=O) groups is 1. The summed E-state index contributed by atoms with van der Waals surface area (Å²) in [6.45, 7) is 0. The number of amides is 1. The lowest BCUT2D eigenvalue weighted by Gasteiger charge is -2.03. The Bertz CT molecular complexity index is 606. The van der Waals surface area contributed by atoms with Crippen LogP contribution in [0.2, 0.25) is 0 Å². The van der Waals surface area contributed by atoms with Gasteiger partial charge in [-0.15, -0.1) is 11.3 Å². The highest BCUT2D eigenvalue weighted by Crippen LogP contribution is 2.40. The van der Waals surface area contributed by atoms with Crippen molar-refractivity contribution in [3.63, 3.8) is 0 Å². The van der Waals surface area contributed by atoms with Gasteiger partial charge in [0.25, 0.3) is 5.91 Å². The van der Waals surface area contributed by atoms with Gasteiger partial charge in [-0.25, -0.2) is 9.97 Å². The first-order chi connectivity index (χ1) is 9.26. The van der Waals surface area contributed by atoms with Gasteiger partial charge in [-0.2, -0.15) is 0 Å². The average molecular weight is 274 g/mol. The predicted octanol–water partition coefficient (Wildman–Crippen LogP) is 2.71. The van der Waals surface area contributed by atoms with Gasteiger partial charge < -0.3 is 5.32 Å². The van der Waals surface area contributed by atoms with E-state index in [1.165, 1.54) is 24.2 Å². The molecule has 0 bridgehead atoms. The molecule has 98 valence electrons. The van der Waals surface area contributed by atoms with Crippen molar-refractivity contribution >= 4 is 28.2 Å². The zero-order valence-corrected chi connectivity index (χ0v) is 11.3. The van der Waals surface area contributed by atoms with Crippen LogP contribution in [0.3, 0.4) is 0 Å². The Morgan fingerprint density at radius 2 is 2.21 bits per heavy atom. The molecular weight excluding hydrogens is 260 g/mol. The van der Waals surface area contributed by atoms with Crippen LogP contribution >= 0.6 is 11.3 Å². The molecule has 1 aliphatic carbocycles. The van der Waals surface area contributed by atoms with Crippen LogP contribution in [-0.4, -0.2) is 22.9 Å². The van der Waals surface area contributed by atoms with Gasteiger partial charge in [0.1, 0.15) is 11.5 Å². The molecule has 2 aromatic heterocycles. The summed E-state index contributed by atoms with van der Waals surface area (Å²) in [6.07, 6.45) is 2.42. The first-order valence-corrected chi connectivity index (χ1v) is 7.06. The third-order valence-corrected chi connectivity index (χ3v) is 3.75. The normalized spacial score (nSPS) is 14.2. The van der Waals surface area contributed by atoms with E-state index in [4.69, 9.17) is 0 Å². The Morgan fingerprint density at radius 3 is 2.95 bits per heavy atom. The van der Waals surface area contributed by atoms with Crippen molar-refractivity contribution in [3.05, 3.63) is 35.0 Å². The van der Waals surface area contributed by atoms with Crippen LogP contribution in [0.15, 0.2) is 23.6 Å². The van der Waals surface area contributed by atoms with Gasteiger partial charge in [0.15, 0.2) is 5.13 Å². The van der Waals surface area contributed by atoms with Crippen LogP contribution in [0.4, 0.5) is 10.9 Å². The smallest absolute Gasteiger partial charge is 0.276 e. The molecule has 0 aliphatic heterocycles. The maximum atomic E-state index is 12.0. The van der Waals surface area contributed by atoms with Gasteiger partial charge in [0.05, 0.1) is 5.69 Å². The monoisotopic (exact) mass is 274 g/mol. The van der Waals surface area contributed by atoms with Crippen LogP contribution in [0.1, 0.15) is 34.9 Å². The van der Waals surface area contributed by atoms with Crippen molar-refractivity contribution in [1.29, 1.82) is 0 Å². The molecular formula is C13H14N4OS. The highest BCUT2D eigenvalue weighted by atomic mass is 32.1. The minimum atomic E-state index is -0.228. The number of nitrogens with zero attached hydrogens (tertiary/aromatic N) is 2. The maximum absolute atomic E-state index is 12.0. The summed E-state index contributed by atoms with van der Waals surface area (Å²) in [5, 5.41) is 8.36. The van der Waals surface area contributed by atoms with E-state index in [1.54, 1.807) is 19.2 Å². The lowest BCUT2D eigenvalue weighted by Crippen LogP contribution is -2.14. The number of hydrogen-bond donors (Lipinski definition) is 2. The number of pyridine rings is 1. The Balaban J connectivity index is 1.72. The van der Waals surface area contributed by atoms with Gasteiger partial charge in [-0.1, -0.05) is 6.07 Å². The second-order valence-electron chi connectivity index (χ2n) is 4.46. The van der Waals surface area contributed by atoms with Gasteiger partial charge in [-0.3, -0.25) is 10.1 Å². The van der Waals surface area contributed by atoms with Crippen LogP contribution in [0, 0.1) is 0 Å². The zero-order valence-electron chi connectivity index (χ0n) is 10.5. The third kappa shape index (κ3) is 2.73. The molecule has 1 fully saturated rings. The van der Waals surface area contributed by atoms with E-state index in [0.29, 0.717) is 22.6 Å². The molecule has 2 N–H and O–H groups in total. The number of thiazole rings is 1. The van der Waals surface area contributed by atoms with Gasteiger partial charge in [0, 0.05) is 18.3 Å². The van der Waals surface area contributed by atoms with E-state index in [0.717, 1.165) is 5.69 Å². The van der Waals surface area contributed by atoms with Crippen LogP contribution in [-0.2, 0) is 0 Å². The molecule has 0 radical (unpaired) electrons. The maximum Gasteiger partial charge on any atom is 0.276 e. The Kier molecular flexibility index (Phi) is 3.16. The van der Waals surface area contributed by atoms with Gasteiger partial charge in [0.2, 0.25) is 0 Å². The molecule has 1 saturated carbocycles. The van der Waals surface area contributed by atoms with E-state index in [1.807, 2.05) is 11.4 Å². The lowest BCUT2D eigenvalue weighted by atomic mass is 10.3. The second-order valence-corrected chi connectivity index (χ2v) is 5.32. The minimum Gasteiger partial charge on any atom is -0.373 e. The van der Waals surface area contributed by atoms with Crippen molar-refractivity contribution in [2.75, 3.05) is 17.7 Å². The van der Waals surface area contributed by atoms with Gasteiger partial charge in [-0.05, 0) is 25.0 Å². The minimum absolute atomic E-state index is 0.228. The zero-order chi connectivity index (χ0) is 13.2. The SMILES string of the molecule is CNc1cccc(C(=O)Nc2nc(C3CC3)cs2)n1. The van der Waals surface area contributed by atoms with Crippen LogP contribution in [0.5, 0.6) is 0 Å². The van der Waals surface area contributed by atoms with Crippen LogP contribution in [0.25, 0.3) is 0 Å². The molecule has 2 heterocycles. The Hall–Kier alpha value is -1.95. The first kappa shape index (κ1) is 12.1. The third-order valence-electron chi connectivity index (χ3n) is 2.98. The van der Waals surface area contributed by atoms with Gasteiger partial charge >= 0.3 is 0 Å². The molecule has 2 aromatic rings. The number of nitrogens with one attached hydrogen (secondary N) is 2. The largest absolute Gasteiger partial charge is 0.373 e. The van der Waals surface area contributed by atoms with Crippen molar-refractivity contribution in [1.82, 2.24) is 9.97 Å². The molecule has 3 rings (SSSR count). The molecule has 0 unspecified atom stereocenters. The quantitative estimate of drug-likeness (QED) is 0.899. The number of rotatable bonds is 4. The van der Waals surface area contributed by atoms with Crippen molar-refractivity contribution in [2.45, 2.75) is 18.8 Å². The van der Waals surface area contributed by atoms with Crippen molar-refractivity contribution in [3.8, 4) is 0 Å². The number of aromatic nitrogens is 2. The van der Waals surface area contributed by atoms with E-state index >= 15 is 0 Å². The Morgan fingerprint density at radius 1 is 1.37 bits per heavy atom. The van der Waals surface area contributed by atoms with E-state index in [-0.39, 0.29) is 5.91 Å². The summed E-state index contributed by atoms with van der Waals surface area (Å²) < 4.78 is 0. The second kappa shape index (κ2) is 4.97. The average Bonchev–Trinajstić information content (AvgIpc) is 3.19. The topological polar surface area (TPSA) is 66.9 Å². The molecule has 0 spiro atoms. The standard InChI is InChI=1S/C13H14N4OS/c1-14-11-4-2-3-9(15-11)12(18)17-13-16-10(7-19-13)8-5-6-8/h2-4,7-8H,5-6H2,1H3,(H,14,15)(H,16,17,18). The molecule has 5 nitrogen and oxygen atoms in total. The van der Waals surface area contributed by atoms with Crippen LogP contribution < -0.4 is 10.6 Å². The molecule has 0 saturated heterocycles. The molecule has 0 aromatic carbocycles. The lowest BCUT2D eigenvalue weighted by molar-refractivity contribution is 0.102. The highest BCUT2D eigenvalue weighted by molar-refractivity contribution is 7.14.